The lowest BCUT2D eigenvalue weighted by atomic mass is 9.57. The summed E-state index contributed by atoms with van der Waals surface area (Å²) in [5, 5.41) is 16.3. The van der Waals surface area contributed by atoms with Crippen LogP contribution in [0.5, 0.6) is 0 Å². The van der Waals surface area contributed by atoms with E-state index in [4.69, 9.17) is 22.3 Å². The zero-order chi connectivity index (χ0) is 13.9. The van der Waals surface area contributed by atoms with Crippen molar-refractivity contribution in [3.8, 4) is 0 Å². The predicted octanol–water partition coefficient (Wildman–Crippen LogP) is 3.01. The van der Waals surface area contributed by atoms with Gasteiger partial charge < -0.3 is 11.5 Å². The highest BCUT2D eigenvalue weighted by Crippen LogP contribution is 2.48. The predicted molar refractivity (Wildman–Crippen MR) is 79.4 cm³/mol. The minimum absolute atomic E-state index is 0.152. The van der Waals surface area contributed by atoms with E-state index in [1.54, 1.807) is 0 Å². The van der Waals surface area contributed by atoms with Crippen LogP contribution in [-0.4, -0.2) is 11.7 Å². The maximum Gasteiger partial charge on any atom is 0.105 e. The summed E-state index contributed by atoms with van der Waals surface area (Å²) in [7, 11) is 0. The molecule has 0 aromatic carbocycles. The average molecular weight is 264 g/mol. The summed E-state index contributed by atoms with van der Waals surface area (Å²) in [6, 6.07) is 0. The van der Waals surface area contributed by atoms with E-state index in [-0.39, 0.29) is 11.7 Å². The van der Waals surface area contributed by atoms with Crippen LogP contribution in [0.2, 0.25) is 0 Å². The summed E-state index contributed by atoms with van der Waals surface area (Å²) < 4.78 is 0. The van der Waals surface area contributed by atoms with Crippen molar-refractivity contribution in [1.82, 2.24) is 0 Å². The van der Waals surface area contributed by atoms with Crippen LogP contribution in [0.4, 0.5) is 0 Å². The molecule has 0 atom stereocenters. The molecule has 0 aliphatic heterocycles. The molecule has 19 heavy (non-hydrogen) atoms. The van der Waals surface area contributed by atoms with Crippen LogP contribution in [0.1, 0.15) is 64.2 Å². The maximum absolute atomic E-state index is 8.16. The van der Waals surface area contributed by atoms with Crippen LogP contribution >= 0.6 is 0 Å². The number of rotatable bonds is 4. The third-order valence-corrected chi connectivity index (χ3v) is 5.39. The van der Waals surface area contributed by atoms with E-state index < -0.39 is 5.41 Å². The molecule has 108 valence electrons. The monoisotopic (exact) mass is 264 g/mol. The number of hydrogen-bond acceptors (Lipinski definition) is 2. The number of hydrogen-bond donors (Lipinski definition) is 4. The lowest BCUT2D eigenvalue weighted by molar-refractivity contribution is 0.145. The highest BCUT2D eigenvalue weighted by Gasteiger charge is 2.50. The van der Waals surface area contributed by atoms with Crippen molar-refractivity contribution in [3.63, 3.8) is 0 Å². The fourth-order valence-electron chi connectivity index (χ4n) is 4.47. The Morgan fingerprint density at radius 3 is 1.26 bits per heavy atom. The Bertz CT molecular complexity index is 304. The Balaban J connectivity index is 2.33. The van der Waals surface area contributed by atoms with E-state index in [9.17, 15) is 0 Å². The van der Waals surface area contributed by atoms with Crippen molar-refractivity contribution in [2.45, 2.75) is 64.2 Å². The molecule has 2 aliphatic carbocycles. The summed E-state index contributed by atoms with van der Waals surface area (Å²) >= 11 is 0. The van der Waals surface area contributed by atoms with E-state index in [2.05, 4.69) is 0 Å². The second-order valence-electron chi connectivity index (χ2n) is 6.37. The molecule has 2 saturated carbocycles. The normalized spacial score (nSPS) is 23.2. The number of nitrogens with one attached hydrogen (secondary N) is 2. The molecule has 0 radical (unpaired) electrons. The van der Waals surface area contributed by atoms with Crippen molar-refractivity contribution in [3.05, 3.63) is 0 Å². The standard InChI is InChI=1S/C15H28N4/c16-13(17)15(14(18)19,11-7-3-1-4-8-11)12-9-5-2-6-10-12/h11-12H,1-10H2,(H3,16,17)(H3,18,19). The Hall–Kier alpha value is -1.06. The van der Waals surface area contributed by atoms with Gasteiger partial charge in [-0.05, 0) is 37.5 Å². The number of amidine groups is 2. The molecule has 0 heterocycles. The molecule has 4 nitrogen and oxygen atoms in total. The molecule has 6 N–H and O–H groups in total. The lowest BCUT2D eigenvalue weighted by Gasteiger charge is -2.47. The summed E-state index contributed by atoms with van der Waals surface area (Å²) in [5.74, 6) is 0.941. The lowest BCUT2D eigenvalue weighted by Crippen LogP contribution is -2.57. The Morgan fingerprint density at radius 1 is 0.684 bits per heavy atom. The molecular weight excluding hydrogens is 236 g/mol. The highest BCUT2D eigenvalue weighted by molar-refractivity contribution is 6.07. The van der Waals surface area contributed by atoms with Crippen LogP contribution in [-0.2, 0) is 0 Å². The van der Waals surface area contributed by atoms with Crippen LogP contribution in [0.25, 0.3) is 0 Å². The minimum Gasteiger partial charge on any atom is -0.387 e. The molecule has 0 bridgehead atoms. The van der Waals surface area contributed by atoms with E-state index in [1.807, 2.05) is 0 Å². The smallest absolute Gasteiger partial charge is 0.105 e. The topological polar surface area (TPSA) is 99.7 Å². The van der Waals surface area contributed by atoms with Crippen LogP contribution < -0.4 is 11.5 Å². The fraction of sp³-hybridized carbons (Fsp3) is 0.867. The molecule has 0 aromatic rings. The first-order valence-corrected chi connectivity index (χ1v) is 7.79. The van der Waals surface area contributed by atoms with E-state index in [0.29, 0.717) is 11.8 Å². The van der Waals surface area contributed by atoms with Crippen molar-refractivity contribution in [2.75, 3.05) is 0 Å². The molecule has 2 fully saturated rings. The molecular formula is C15H28N4. The highest BCUT2D eigenvalue weighted by atomic mass is 14.9. The van der Waals surface area contributed by atoms with Crippen LogP contribution in [0, 0.1) is 28.1 Å². The molecule has 0 aromatic heterocycles. The second kappa shape index (κ2) is 5.93. The summed E-state index contributed by atoms with van der Waals surface area (Å²) in [5.41, 5.74) is 11.4. The molecule has 2 aliphatic rings. The van der Waals surface area contributed by atoms with Crippen molar-refractivity contribution >= 4 is 11.7 Å². The number of nitrogens with two attached hydrogens (primary N) is 2. The van der Waals surface area contributed by atoms with Crippen molar-refractivity contribution < 1.29 is 0 Å². The van der Waals surface area contributed by atoms with E-state index in [0.717, 1.165) is 25.7 Å². The van der Waals surface area contributed by atoms with Gasteiger partial charge in [0.25, 0.3) is 0 Å². The fourth-order valence-corrected chi connectivity index (χ4v) is 4.47. The third-order valence-electron chi connectivity index (χ3n) is 5.39. The minimum atomic E-state index is -0.638. The van der Waals surface area contributed by atoms with E-state index in [1.165, 1.54) is 38.5 Å². The molecule has 4 heteroatoms. The zero-order valence-electron chi connectivity index (χ0n) is 11.9. The molecule has 0 spiro atoms. The summed E-state index contributed by atoms with van der Waals surface area (Å²) in [4.78, 5) is 0. The van der Waals surface area contributed by atoms with E-state index >= 15 is 0 Å². The molecule has 2 rings (SSSR count). The van der Waals surface area contributed by atoms with Gasteiger partial charge in [-0.1, -0.05) is 38.5 Å². The van der Waals surface area contributed by atoms with Gasteiger partial charge in [0.05, 0.1) is 5.41 Å². The largest absolute Gasteiger partial charge is 0.387 e. The van der Waals surface area contributed by atoms with Gasteiger partial charge in [0, 0.05) is 0 Å². The third kappa shape index (κ3) is 2.49. The molecule has 0 amide bonds. The van der Waals surface area contributed by atoms with Gasteiger partial charge in [-0.15, -0.1) is 0 Å². The Morgan fingerprint density at radius 2 is 1.00 bits per heavy atom. The van der Waals surface area contributed by atoms with Crippen molar-refractivity contribution in [2.24, 2.45) is 28.7 Å². The molecule has 0 unspecified atom stereocenters. The van der Waals surface area contributed by atoms with Gasteiger partial charge in [0.2, 0.25) is 0 Å². The SMILES string of the molecule is N=C(N)C(C(=N)N)(C1CCCCC1)C1CCCCC1. The van der Waals surface area contributed by atoms with Gasteiger partial charge in [-0.25, -0.2) is 0 Å². The van der Waals surface area contributed by atoms with Crippen LogP contribution in [0.3, 0.4) is 0 Å². The first-order chi connectivity index (χ1) is 9.10. The molecule has 0 saturated heterocycles. The van der Waals surface area contributed by atoms with Crippen LogP contribution in [0.15, 0.2) is 0 Å². The quantitative estimate of drug-likeness (QED) is 0.463. The first kappa shape index (κ1) is 14.4. The Labute approximate surface area is 116 Å². The first-order valence-electron chi connectivity index (χ1n) is 7.79. The summed E-state index contributed by atoms with van der Waals surface area (Å²) in [6.45, 7) is 0. The average Bonchev–Trinajstić information content (AvgIpc) is 2.41. The van der Waals surface area contributed by atoms with Gasteiger partial charge in [0.1, 0.15) is 11.7 Å². The zero-order valence-corrected chi connectivity index (χ0v) is 11.9. The van der Waals surface area contributed by atoms with Crippen molar-refractivity contribution in [1.29, 1.82) is 10.8 Å². The van der Waals surface area contributed by atoms with Gasteiger partial charge >= 0.3 is 0 Å². The maximum atomic E-state index is 8.16. The van der Waals surface area contributed by atoms with Gasteiger partial charge in [-0.2, -0.15) is 0 Å². The second-order valence-corrected chi connectivity index (χ2v) is 6.37. The summed E-state index contributed by atoms with van der Waals surface area (Å²) in [6.07, 6.45) is 11.6. The van der Waals surface area contributed by atoms with Gasteiger partial charge in [-0.3, -0.25) is 10.8 Å². The Kier molecular flexibility index (Phi) is 4.48. The van der Waals surface area contributed by atoms with Gasteiger partial charge in [0.15, 0.2) is 0 Å².